The second-order valence-corrected chi connectivity index (χ2v) is 4.31. The summed E-state index contributed by atoms with van der Waals surface area (Å²) in [7, 11) is 0. The van der Waals surface area contributed by atoms with Gasteiger partial charge in [0.05, 0.1) is 5.92 Å². The number of carboxylic acids is 1. The van der Waals surface area contributed by atoms with E-state index in [1.165, 1.54) is 4.88 Å². The van der Waals surface area contributed by atoms with Crippen molar-refractivity contribution in [2.45, 2.75) is 13.3 Å². The number of nitrogens with one attached hydrogen (secondary N) is 1. The summed E-state index contributed by atoms with van der Waals surface area (Å²) in [6, 6.07) is 4.12. The minimum Gasteiger partial charge on any atom is -0.481 e. The molecule has 1 atom stereocenters. The average molecular weight is 213 g/mol. The number of rotatable bonds is 6. The fourth-order valence-electron chi connectivity index (χ4n) is 1.07. The van der Waals surface area contributed by atoms with Crippen LogP contribution in [0.15, 0.2) is 17.5 Å². The molecule has 0 aliphatic rings. The zero-order valence-electron chi connectivity index (χ0n) is 8.19. The monoisotopic (exact) mass is 213 g/mol. The van der Waals surface area contributed by atoms with E-state index in [4.69, 9.17) is 5.11 Å². The molecule has 1 heterocycles. The number of hydrogen-bond donors (Lipinski definition) is 2. The van der Waals surface area contributed by atoms with Crippen molar-refractivity contribution in [2.24, 2.45) is 5.92 Å². The molecule has 4 heteroatoms. The van der Waals surface area contributed by atoms with E-state index < -0.39 is 5.97 Å². The maximum absolute atomic E-state index is 10.5. The molecule has 3 nitrogen and oxygen atoms in total. The van der Waals surface area contributed by atoms with Gasteiger partial charge in [0.1, 0.15) is 0 Å². The lowest BCUT2D eigenvalue weighted by Gasteiger charge is -2.06. The van der Waals surface area contributed by atoms with E-state index in [1.54, 1.807) is 18.3 Å². The Morgan fingerprint density at radius 2 is 2.50 bits per heavy atom. The van der Waals surface area contributed by atoms with Gasteiger partial charge in [-0.3, -0.25) is 4.79 Å². The van der Waals surface area contributed by atoms with Crippen LogP contribution < -0.4 is 5.32 Å². The second kappa shape index (κ2) is 5.78. The maximum atomic E-state index is 10.5. The lowest BCUT2D eigenvalue weighted by atomic mass is 10.2. The lowest BCUT2D eigenvalue weighted by molar-refractivity contribution is -0.140. The Balaban J connectivity index is 2.08. The number of thiophene rings is 1. The van der Waals surface area contributed by atoms with Crippen molar-refractivity contribution in [1.29, 1.82) is 0 Å². The highest BCUT2D eigenvalue weighted by molar-refractivity contribution is 7.09. The topological polar surface area (TPSA) is 49.3 Å². The highest BCUT2D eigenvalue weighted by Crippen LogP contribution is 2.08. The van der Waals surface area contributed by atoms with Crippen molar-refractivity contribution < 1.29 is 9.90 Å². The number of carbonyl (C=O) groups is 1. The molecule has 2 N–H and O–H groups in total. The SMILES string of the molecule is CC(CNCCc1cccs1)C(=O)O. The molecule has 1 unspecified atom stereocenters. The zero-order chi connectivity index (χ0) is 10.4. The van der Waals surface area contributed by atoms with Crippen LogP contribution in [-0.2, 0) is 11.2 Å². The van der Waals surface area contributed by atoms with Crippen molar-refractivity contribution in [1.82, 2.24) is 5.32 Å². The summed E-state index contributed by atoms with van der Waals surface area (Å²) < 4.78 is 0. The van der Waals surface area contributed by atoms with Crippen LogP contribution in [0.1, 0.15) is 11.8 Å². The van der Waals surface area contributed by atoms with Crippen LogP contribution in [-0.4, -0.2) is 24.2 Å². The van der Waals surface area contributed by atoms with Crippen LogP contribution in [0.2, 0.25) is 0 Å². The fraction of sp³-hybridized carbons (Fsp3) is 0.500. The highest BCUT2D eigenvalue weighted by Gasteiger charge is 2.08. The molecule has 0 aliphatic carbocycles. The molecule has 14 heavy (non-hydrogen) atoms. The summed E-state index contributed by atoms with van der Waals surface area (Å²) in [5, 5.41) is 13.8. The van der Waals surface area contributed by atoms with Gasteiger partial charge in [-0.1, -0.05) is 13.0 Å². The molecule has 0 aliphatic heterocycles. The van der Waals surface area contributed by atoms with E-state index in [0.717, 1.165) is 13.0 Å². The van der Waals surface area contributed by atoms with Crippen molar-refractivity contribution in [3.63, 3.8) is 0 Å². The van der Waals surface area contributed by atoms with Gasteiger partial charge in [-0.2, -0.15) is 0 Å². The van der Waals surface area contributed by atoms with E-state index >= 15 is 0 Å². The van der Waals surface area contributed by atoms with E-state index in [1.807, 2.05) is 6.07 Å². The van der Waals surface area contributed by atoms with Crippen molar-refractivity contribution in [3.05, 3.63) is 22.4 Å². The largest absolute Gasteiger partial charge is 0.481 e. The molecule has 0 saturated heterocycles. The normalized spacial score (nSPS) is 12.6. The maximum Gasteiger partial charge on any atom is 0.307 e. The van der Waals surface area contributed by atoms with Crippen LogP contribution in [0.25, 0.3) is 0 Å². The lowest BCUT2D eigenvalue weighted by Crippen LogP contribution is -2.27. The van der Waals surface area contributed by atoms with Gasteiger partial charge in [0, 0.05) is 11.4 Å². The van der Waals surface area contributed by atoms with Gasteiger partial charge in [-0.15, -0.1) is 11.3 Å². The molecule has 0 aromatic carbocycles. The molecule has 1 rings (SSSR count). The molecule has 1 aromatic rings. The van der Waals surface area contributed by atoms with Crippen LogP contribution >= 0.6 is 11.3 Å². The smallest absolute Gasteiger partial charge is 0.307 e. The van der Waals surface area contributed by atoms with Crippen LogP contribution in [0.3, 0.4) is 0 Å². The molecule has 78 valence electrons. The van der Waals surface area contributed by atoms with E-state index in [9.17, 15) is 4.79 Å². The Morgan fingerprint density at radius 1 is 1.71 bits per heavy atom. The number of aliphatic carboxylic acids is 1. The Labute approximate surface area is 87.8 Å². The summed E-state index contributed by atoms with van der Waals surface area (Å²) >= 11 is 1.73. The molecular formula is C10H15NO2S. The summed E-state index contributed by atoms with van der Waals surface area (Å²) in [5.74, 6) is -1.05. The van der Waals surface area contributed by atoms with Crippen LogP contribution in [0.5, 0.6) is 0 Å². The number of carboxylic acid groups (broad SMARTS) is 1. The first-order chi connectivity index (χ1) is 6.70. The van der Waals surface area contributed by atoms with Crippen LogP contribution in [0.4, 0.5) is 0 Å². The quantitative estimate of drug-likeness (QED) is 0.706. The van der Waals surface area contributed by atoms with Gasteiger partial charge >= 0.3 is 5.97 Å². The first kappa shape index (κ1) is 11.2. The third-order valence-corrected chi connectivity index (χ3v) is 2.94. The minimum atomic E-state index is -0.742. The second-order valence-electron chi connectivity index (χ2n) is 3.27. The van der Waals surface area contributed by atoms with Crippen molar-refractivity contribution >= 4 is 17.3 Å². The standard InChI is InChI=1S/C10H15NO2S/c1-8(10(12)13)7-11-5-4-9-3-2-6-14-9/h2-3,6,8,11H,4-5,7H2,1H3,(H,12,13). The summed E-state index contributed by atoms with van der Waals surface area (Å²) in [6.45, 7) is 3.10. The highest BCUT2D eigenvalue weighted by atomic mass is 32.1. The molecule has 1 aromatic heterocycles. The van der Waals surface area contributed by atoms with Crippen molar-refractivity contribution in [3.8, 4) is 0 Å². The average Bonchev–Trinajstić information content (AvgIpc) is 2.64. The molecule has 0 saturated carbocycles. The van der Waals surface area contributed by atoms with E-state index in [2.05, 4.69) is 16.8 Å². The van der Waals surface area contributed by atoms with Gasteiger partial charge in [0.25, 0.3) is 0 Å². The zero-order valence-corrected chi connectivity index (χ0v) is 9.01. The summed E-state index contributed by atoms with van der Waals surface area (Å²) in [5.41, 5.74) is 0. The molecule has 0 fully saturated rings. The van der Waals surface area contributed by atoms with Gasteiger partial charge in [-0.05, 0) is 24.4 Å². The number of hydrogen-bond acceptors (Lipinski definition) is 3. The van der Waals surface area contributed by atoms with E-state index in [-0.39, 0.29) is 5.92 Å². The van der Waals surface area contributed by atoms with Crippen LogP contribution in [0, 0.1) is 5.92 Å². The fourth-order valence-corrected chi connectivity index (χ4v) is 1.78. The van der Waals surface area contributed by atoms with Gasteiger partial charge in [-0.25, -0.2) is 0 Å². The molecular weight excluding hydrogens is 198 g/mol. The third-order valence-electron chi connectivity index (χ3n) is 2.00. The predicted octanol–water partition coefficient (Wildman–Crippen LogP) is 1.60. The van der Waals surface area contributed by atoms with Gasteiger partial charge in [0.15, 0.2) is 0 Å². The predicted molar refractivity (Wildman–Crippen MR) is 57.7 cm³/mol. The van der Waals surface area contributed by atoms with Crippen molar-refractivity contribution in [2.75, 3.05) is 13.1 Å². The minimum absolute atomic E-state index is 0.307. The molecule has 0 bridgehead atoms. The molecule has 0 amide bonds. The molecule has 0 radical (unpaired) electrons. The third kappa shape index (κ3) is 3.89. The summed E-state index contributed by atoms with van der Waals surface area (Å²) in [6.07, 6.45) is 0.976. The Morgan fingerprint density at radius 3 is 3.07 bits per heavy atom. The first-order valence-corrected chi connectivity index (χ1v) is 5.54. The Bertz CT molecular complexity index is 272. The molecule has 0 spiro atoms. The van der Waals surface area contributed by atoms with Gasteiger partial charge in [0.2, 0.25) is 0 Å². The van der Waals surface area contributed by atoms with Gasteiger partial charge < -0.3 is 10.4 Å². The Kier molecular flexibility index (Phi) is 4.62. The van der Waals surface area contributed by atoms with E-state index in [0.29, 0.717) is 6.54 Å². The Hall–Kier alpha value is -0.870. The summed E-state index contributed by atoms with van der Waals surface area (Å²) in [4.78, 5) is 11.8. The first-order valence-electron chi connectivity index (χ1n) is 4.66.